The van der Waals surface area contributed by atoms with E-state index in [1.807, 2.05) is 6.07 Å². The summed E-state index contributed by atoms with van der Waals surface area (Å²) in [6.07, 6.45) is 1.58. The highest BCUT2D eigenvalue weighted by molar-refractivity contribution is 5.77. The van der Waals surface area contributed by atoms with Gasteiger partial charge in [-0.1, -0.05) is 0 Å². The Kier molecular flexibility index (Phi) is 2.88. The summed E-state index contributed by atoms with van der Waals surface area (Å²) in [5.74, 6) is 0.672. The summed E-state index contributed by atoms with van der Waals surface area (Å²) in [4.78, 5) is 12.5. The quantitative estimate of drug-likeness (QED) is 0.701. The number of likely N-dealkylation sites (N-methyl/N-ethyl adjacent to an activating group) is 1. The van der Waals surface area contributed by atoms with Crippen molar-refractivity contribution in [2.75, 3.05) is 13.6 Å². The summed E-state index contributed by atoms with van der Waals surface area (Å²) in [7, 11) is 1.69. The minimum absolute atomic E-state index is 0.0389. The number of hydrogen-bond acceptors (Lipinski definition) is 3. The van der Waals surface area contributed by atoms with E-state index < -0.39 is 0 Å². The van der Waals surface area contributed by atoms with Crippen molar-refractivity contribution in [3.8, 4) is 0 Å². The fraction of sp³-hybridized carbons (Fsp3) is 0.375. The van der Waals surface area contributed by atoms with Crippen LogP contribution in [0.3, 0.4) is 0 Å². The topological polar surface area (TPSA) is 59.5 Å². The molecule has 0 saturated heterocycles. The third-order valence-corrected chi connectivity index (χ3v) is 1.57. The number of carbonyl (C=O) groups excluding carboxylic acids is 1. The van der Waals surface area contributed by atoms with E-state index in [1.165, 1.54) is 4.90 Å². The smallest absolute Gasteiger partial charge is 0.236 e. The molecule has 0 unspecified atom stereocenters. The maximum absolute atomic E-state index is 11.0. The molecule has 4 nitrogen and oxygen atoms in total. The van der Waals surface area contributed by atoms with E-state index >= 15 is 0 Å². The van der Waals surface area contributed by atoms with Crippen molar-refractivity contribution >= 4 is 5.91 Å². The predicted molar refractivity (Wildman–Crippen MR) is 44.2 cm³/mol. The van der Waals surface area contributed by atoms with Gasteiger partial charge in [-0.25, -0.2) is 0 Å². The molecule has 0 saturated carbocycles. The molecule has 0 aliphatic carbocycles. The molecule has 1 aromatic rings. The number of nitrogens with zero attached hydrogens (tertiary/aromatic N) is 1. The van der Waals surface area contributed by atoms with E-state index in [4.69, 9.17) is 10.2 Å². The second kappa shape index (κ2) is 3.92. The van der Waals surface area contributed by atoms with Crippen LogP contribution in [0.4, 0.5) is 0 Å². The lowest BCUT2D eigenvalue weighted by atomic mass is 10.4. The fourth-order valence-electron chi connectivity index (χ4n) is 0.880. The van der Waals surface area contributed by atoms with Gasteiger partial charge in [0.2, 0.25) is 5.91 Å². The number of hydrogen-bond donors (Lipinski definition) is 1. The summed E-state index contributed by atoms with van der Waals surface area (Å²) in [5.41, 5.74) is 5.18. The van der Waals surface area contributed by atoms with Gasteiger partial charge >= 0.3 is 0 Å². The molecule has 0 spiro atoms. The van der Waals surface area contributed by atoms with Gasteiger partial charge in [0, 0.05) is 7.05 Å². The Morgan fingerprint density at radius 1 is 1.75 bits per heavy atom. The highest BCUT2D eigenvalue weighted by atomic mass is 16.3. The largest absolute Gasteiger partial charge is 0.467 e. The van der Waals surface area contributed by atoms with E-state index in [0.29, 0.717) is 6.54 Å². The molecule has 1 rings (SSSR count). The van der Waals surface area contributed by atoms with Crippen LogP contribution in [0.25, 0.3) is 0 Å². The van der Waals surface area contributed by atoms with Gasteiger partial charge in [0.05, 0.1) is 19.4 Å². The second-order valence-corrected chi connectivity index (χ2v) is 2.53. The molecule has 0 radical (unpaired) electrons. The number of nitrogens with two attached hydrogens (primary N) is 1. The number of rotatable bonds is 3. The van der Waals surface area contributed by atoms with E-state index in [2.05, 4.69) is 0 Å². The Labute approximate surface area is 70.9 Å². The SMILES string of the molecule is CN(Cc1ccco1)C(=O)CN. The molecular formula is C8H12N2O2. The maximum Gasteiger partial charge on any atom is 0.236 e. The van der Waals surface area contributed by atoms with Gasteiger partial charge in [0.1, 0.15) is 5.76 Å². The molecule has 1 amide bonds. The molecule has 0 aromatic carbocycles. The number of furan rings is 1. The second-order valence-electron chi connectivity index (χ2n) is 2.53. The lowest BCUT2D eigenvalue weighted by Gasteiger charge is -2.13. The maximum atomic E-state index is 11.0. The van der Waals surface area contributed by atoms with Crippen molar-refractivity contribution in [3.05, 3.63) is 24.2 Å². The molecule has 12 heavy (non-hydrogen) atoms. The Bertz CT molecular complexity index is 244. The molecule has 66 valence electrons. The Hall–Kier alpha value is -1.29. The summed E-state index contributed by atoms with van der Waals surface area (Å²) in [6.45, 7) is 0.514. The van der Waals surface area contributed by atoms with Crippen LogP contribution >= 0.6 is 0 Å². The third kappa shape index (κ3) is 2.10. The van der Waals surface area contributed by atoms with Crippen molar-refractivity contribution in [1.82, 2.24) is 4.90 Å². The molecule has 4 heteroatoms. The van der Waals surface area contributed by atoms with Crippen molar-refractivity contribution in [2.24, 2.45) is 5.73 Å². The first-order chi connectivity index (χ1) is 5.74. The number of amides is 1. The van der Waals surface area contributed by atoms with Crippen molar-refractivity contribution < 1.29 is 9.21 Å². The normalized spacial score (nSPS) is 9.83. The van der Waals surface area contributed by atoms with Crippen molar-refractivity contribution in [3.63, 3.8) is 0 Å². The average molecular weight is 168 g/mol. The van der Waals surface area contributed by atoms with Gasteiger partial charge in [-0.2, -0.15) is 0 Å². The minimum Gasteiger partial charge on any atom is -0.467 e. The van der Waals surface area contributed by atoms with Gasteiger partial charge in [-0.15, -0.1) is 0 Å². The van der Waals surface area contributed by atoms with Crippen LogP contribution in [0, 0.1) is 0 Å². The van der Waals surface area contributed by atoms with E-state index in [-0.39, 0.29) is 12.5 Å². The molecule has 0 fully saturated rings. The van der Waals surface area contributed by atoms with Crippen molar-refractivity contribution in [1.29, 1.82) is 0 Å². The van der Waals surface area contributed by atoms with E-state index in [1.54, 1.807) is 19.4 Å². The molecule has 0 atom stereocenters. The highest BCUT2D eigenvalue weighted by Crippen LogP contribution is 2.02. The average Bonchev–Trinajstić information content (AvgIpc) is 2.55. The summed E-state index contributed by atoms with van der Waals surface area (Å²) in [6, 6.07) is 3.61. The van der Waals surface area contributed by atoms with Gasteiger partial charge in [-0.05, 0) is 12.1 Å². The first-order valence-electron chi connectivity index (χ1n) is 3.70. The van der Waals surface area contributed by atoms with Crippen LogP contribution in [-0.2, 0) is 11.3 Å². The predicted octanol–water partition coefficient (Wildman–Crippen LogP) is 0.197. The molecular weight excluding hydrogens is 156 g/mol. The standard InChI is InChI=1S/C8H12N2O2/c1-10(8(11)5-9)6-7-3-2-4-12-7/h2-4H,5-6,9H2,1H3. The first-order valence-corrected chi connectivity index (χ1v) is 3.70. The molecule has 1 heterocycles. The Morgan fingerprint density at radius 2 is 2.50 bits per heavy atom. The van der Waals surface area contributed by atoms with Gasteiger partial charge in [0.15, 0.2) is 0 Å². The summed E-state index contributed by atoms with van der Waals surface area (Å²) in [5, 5.41) is 0. The Morgan fingerprint density at radius 3 is 3.00 bits per heavy atom. The molecule has 2 N–H and O–H groups in total. The molecule has 1 aromatic heterocycles. The summed E-state index contributed by atoms with van der Waals surface area (Å²) >= 11 is 0. The van der Waals surface area contributed by atoms with Crippen LogP contribution in [0.5, 0.6) is 0 Å². The molecule has 0 bridgehead atoms. The number of carbonyl (C=O) groups is 1. The highest BCUT2D eigenvalue weighted by Gasteiger charge is 2.07. The summed E-state index contributed by atoms with van der Waals surface area (Å²) < 4.78 is 5.06. The van der Waals surface area contributed by atoms with Crippen LogP contribution in [0.15, 0.2) is 22.8 Å². The lowest BCUT2D eigenvalue weighted by molar-refractivity contribution is -0.129. The third-order valence-electron chi connectivity index (χ3n) is 1.57. The zero-order valence-electron chi connectivity index (χ0n) is 6.99. The van der Waals surface area contributed by atoms with Gasteiger partial charge < -0.3 is 15.1 Å². The van der Waals surface area contributed by atoms with Gasteiger partial charge in [0.25, 0.3) is 0 Å². The van der Waals surface area contributed by atoms with Crippen LogP contribution in [-0.4, -0.2) is 24.4 Å². The van der Waals surface area contributed by atoms with Gasteiger partial charge in [-0.3, -0.25) is 4.79 Å². The lowest BCUT2D eigenvalue weighted by Crippen LogP contribution is -2.31. The minimum atomic E-state index is -0.0913. The first kappa shape index (κ1) is 8.80. The zero-order valence-corrected chi connectivity index (χ0v) is 6.99. The van der Waals surface area contributed by atoms with E-state index in [9.17, 15) is 4.79 Å². The van der Waals surface area contributed by atoms with E-state index in [0.717, 1.165) is 5.76 Å². The monoisotopic (exact) mass is 168 g/mol. The van der Waals surface area contributed by atoms with Crippen LogP contribution in [0.1, 0.15) is 5.76 Å². The molecule has 0 aliphatic heterocycles. The van der Waals surface area contributed by atoms with Crippen LogP contribution in [0.2, 0.25) is 0 Å². The fourth-order valence-corrected chi connectivity index (χ4v) is 0.880. The molecule has 0 aliphatic rings. The Balaban J connectivity index is 2.47. The zero-order chi connectivity index (χ0) is 8.97. The van der Waals surface area contributed by atoms with Crippen LogP contribution < -0.4 is 5.73 Å². The van der Waals surface area contributed by atoms with Crippen molar-refractivity contribution in [2.45, 2.75) is 6.54 Å².